The molecule has 3 aromatic rings. The molecular formula is C12H7ClN4OS. The van der Waals surface area contributed by atoms with Crippen LogP contribution in [-0.2, 0) is 0 Å². The van der Waals surface area contributed by atoms with Crippen molar-refractivity contribution >= 4 is 39.7 Å². The number of halogens is 1. The van der Waals surface area contributed by atoms with Gasteiger partial charge in [0.05, 0.1) is 11.1 Å². The Bertz CT molecular complexity index is 786. The molecule has 0 bridgehead atoms. The second-order valence-electron chi connectivity index (χ2n) is 3.80. The van der Waals surface area contributed by atoms with Gasteiger partial charge in [0.2, 0.25) is 5.01 Å². The highest BCUT2D eigenvalue weighted by molar-refractivity contribution is 7.16. The van der Waals surface area contributed by atoms with Gasteiger partial charge in [-0.05, 0) is 12.1 Å². The Kier molecular flexibility index (Phi) is 2.88. The summed E-state index contributed by atoms with van der Waals surface area (Å²) in [5, 5.41) is 9.58. The molecule has 2 heterocycles. The summed E-state index contributed by atoms with van der Waals surface area (Å²) in [5.41, 5.74) is 6.60. The van der Waals surface area contributed by atoms with E-state index in [2.05, 4.69) is 15.2 Å². The van der Waals surface area contributed by atoms with Crippen LogP contribution in [0.15, 0.2) is 30.3 Å². The largest absolute Gasteiger partial charge is 0.363 e. The molecule has 0 unspecified atom stereocenters. The summed E-state index contributed by atoms with van der Waals surface area (Å²) in [6.45, 7) is 0. The van der Waals surface area contributed by atoms with Gasteiger partial charge in [0.1, 0.15) is 5.15 Å². The first-order chi connectivity index (χ1) is 9.15. The minimum absolute atomic E-state index is 0.152. The molecule has 5 nitrogen and oxygen atoms in total. The van der Waals surface area contributed by atoms with Gasteiger partial charge in [-0.1, -0.05) is 41.1 Å². The predicted octanol–water partition coefficient (Wildman–Crippen LogP) is 2.51. The molecule has 94 valence electrons. The number of fused-ring (bicyclic) bond motifs is 1. The van der Waals surface area contributed by atoms with Crippen molar-refractivity contribution in [2.24, 2.45) is 5.73 Å². The Morgan fingerprint density at radius 3 is 2.79 bits per heavy atom. The number of para-hydroxylation sites is 1. The van der Waals surface area contributed by atoms with E-state index in [0.29, 0.717) is 15.7 Å². The number of pyridine rings is 1. The number of hydrogen-bond acceptors (Lipinski definition) is 5. The number of primary amides is 1. The normalized spacial score (nSPS) is 10.8. The molecule has 2 N–H and O–H groups in total. The fraction of sp³-hybridized carbons (Fsp3) is 0. The molecule has 0 aliphatic heterocycles. The second kappa shape index (κ2) is 4.56. The standard InChI is InChI=1S/C12H7ClN4OS/c13-9-7(11-16-17-12(19-11)10(14)18)5-6-3-1-2-4-8(6)15-9/h1-5H,(H2,14,18). The molecule has 7 heteroatoms. The maximum Gasteiger partial charge on any atom is 0.279 e. The van der Waals surface area contributed by atoms with Gasteiger partial charge in [-0.3, -0.25) is 4.79 Å². The summed E-state index contributed by atoms with van der Waals surface area (Å²) >= 11 is 7.23. The summed E-state index contributed by atoms with van der Waals surface area (Å²) < 4.78 is 0. The van der Waals surface area contributed by atoms with E-state index in [-0.39, 0.29) is 5.01 Å². The highest BCUT2D eigenvalue weighted by Crippen LogP contribution is 2.31. The molecule has 0 atom stereocenters. The van der Waals surface area contributed by atoms with E-state index in [1.54, 1.807) is 0 Å². The van der Waals surface area contributed by atoms with E-state index in [4.69, 9.17) is 17.3 Å². The maximum atomic E-state index is 11.0. The van der Waals surface area contributed by atoms with Crippen LogP contribution in [0.3, 0.4) is 0 Å². The lowest BCUT2D eigenvalue weighted by Gasteiger charge is -2.02. The lowest BCUT2D eigenvalue weighted by atomic mass is 10.2. The van der Waals surface area contributed by atoms with E-state index in [0.717, 1.165) is 22.2 Å². The Labute approximate surface area is 117 Å². The molecule has 0 aliphatic rings. The van der Waals surface area contributed by atoms with Crippen molar-refractivity contribution in [1.82, 2.24) is 15.2 Å². The number of amides is 1. The van der Waals surface area contributed by atoms with Crippen molar-refractivity contribution in [1.29, 1.82) is 0 Å². The molecule has 19 heavy (non-hydrogen) atoms. The predicted molar refractivity (Wildman–Crippen MR) is 74.2 cm³/mol. The molecule has 0 radical (unpaired) electrons. The SMILES string of the molecule is NC(=O)c1nnc(-c2cc3ccccc3nc2Cl)s1. The zero-order chi connectivity index (χ0) is 13.4. The average molecular weight is 291 g/mol. The van der Waals surface area contributed by atoms with Crippen molar-refractivity contribution in [2.75, 3.05) is 0 Å². The maximum absolute atomic E-state index is 11.0. The summed E-state index contributed by atoms with van der Waals surface area (Å²) in [6, 6.07) is 9.48. The molecule has 0 aliphatic carbocycles. The molecule has 0 saturated heterocycles. The molecule has 0 spiro atoms. The number of hydrogen-bond donors (Lipinski definition) is 1. The third-order valence-corrected chi connectivity index (χ3v) is 3.80. The third kappa shape index (κ3) is 2.16. The number of benzene rings is 1. The van der Waals surface area contributed by atoms with Gasteiger partial charge in [0, 0.05) is 5.39 Å². The number of aromatic nitrogens is 3. The van der Waals surface area contributed by atoms with E-state index in [1.165, 1.54) is 0 Å². The van der Waals surface area contributed by atoms with E-state index < -0.39 is 5.91 Å². The van der Waals surface area contributed by atoms with Crippen LogP contribution >= 0.6 is 22.9 Å². The average Bonchev–Trinajstić information content (AvgIpc) is 2.87. The van der Waals surface area contributed by atoms with E-state index >= 15 is 0 Å². The smallest absolute Gasteiger partial charge is 0.279 e. The zero-order valence-corrected chi connectivity index (χ0v) is 11.1. The summed E-state index contributed by atoms with van der Waals surface area (Å²) in [6.07, 6.45) is 0. The summed E-state index contributed by atoms with van der Waals surface area (Å²) in [4.78, 5) is 15.3. The van der Waals surface area contributed by atoms with E-state index in [9.17, 15) is 4.79 Å². The van der Waals surface area contributed by atoms with Crippen LogP contribution in [0.2, 0.25) is 5.15 Å². The van der Waals surface area contributed by atoms with Crippen LogP contribution in [0, 0.1) is 0 Å². The number of carbonyl (C=O) groups excluding carboxylic acids is 1. The van der Waals surface area contributed by atoms with Gasteiger partial charge in [-0.2, -0.15) is 0 Å². The number of carbonyl (C=O) groups is 1. The molecule has 1 amide bonds. The van der Waals surface area contributed by atoms with Crippen LogP contribution in [0.5, 0.6) is 0 Å². The van der Waals surface area contributed by atoms with Crippen molar-refractivity contribution in [3.05, 3.63) is 40.5 Å². The summed E-state index contributed by atoms with van der Waals surface area (Å²) in [7, 11) is 0. The molecule has 2 aromatic heterocycles. The second-order valence-corrected chi connectivity index (χ2v) is 5.13. The van der Waals surface area contributed by atoms with Gasteiger partial charge >= 0.3 is 0 Å². The molecule has 1 aromatic carbocycles. The van der Waals surface area contributed by atoms with Gasteiger partial charge in [0.15, 0.2) is 5.01 Å². The van der Waals surface area contributed by atoms with Crippen molar-refractivity contribution in [3.8, 4) is 10.6 Å². The first-order valence-electron chi connectivity index (χ1n) is 5.34. The Balaban J connectivity index is 2.18. The fourth-order valence-electron chi connectivity index (χ4n) is 1.67. The number of nitrogens with zero attached hydrogens (tertiary/aromatic N) is 3. The van der Waals surface area contributed by atoms with Gasteiger partial charge in [0.25, 0.3) is 5.91 Å². The van der Waals surface area contributed by atoms with Crippen molar-refractivity contribution in [3.63, 3.8) is 0 Å². The van der Waals surface area contributed by atoms with E-state index in [1.807, 2.05) is 30.3 Å². The monoisotopic (exact) mass is 290 g/mol. The van der Waals surface area contributed by atoms with Crippen LogP contribution in [0.1, 0.15) is 9.80 Å². The lowest BCUT2D eigenvalue weighted by molar-refractivity contribution is 0.0999. The summed E-state index contributed by atoms with van der Waals surface area (Å²) in [5.74, 6) is -0.603. The topological polar surface area (TPSA) is 81.8 Å². The highest BCUT2D eigenvalue weighted by atomic mass is 35.5. The Hall–Kier alpha value is -2.05. The minimum Gasteiger partial charge on any atom is -0.363 e. The third-order valence-electron chi connectivity index (χ3n) is 2.54. The van der Waals surface area contributed by atoms with Gasteiger partial charge in [-0.15, -0.1) is 10.2 Å². The molecule has 0 saturated carbocycles. The zero-order valence-electron chi connectivity index (χ0n) is 9.50. The fourth-order valence-corrected chi connectivity index (χ4v) is 2.68. The van der Waals surface area contributed by atoms with Crippen molar-refractivity contribution in [2.45, 2.75) is 0 Å². The number of rotatable bonds is 2. The molecule has 3 rings (SSSR count). The highest BCUT2D eigenvalue weighted by Gasteiger charge is 2.14. The van der Waals surface area contributed by atoms with Crippen molar-refractivity contribution < 1.29 is 4.79 Å². The van der Waals surface area contributed by atoms with Crippen LogP contribution in [-0.4, -0.2) is 21.1 Å². The van der Waals surface area contributed by atoms with Crippen LogP contribution in [0.25, 0.3) is 21.5 Å². The quantitative estimate of drug-likeness (QED) is 0.735. The van der Waals surface area contributed by atoms with Crippen LogP contribution in [0.4, 0.5) is 0 Å². The first-order valence-corrected chi connectivity index (χ1v) is 6.53. The molecule has 0 fully saturated rings. The number of nitrogens with two attached hydrogens (primary N) is 1. The van der Waals surface area contributed by atoms with Gasteiger partial charge < -0.3 is 5.73 Å². The van der Waals surface area contributed by atoms with Crippen LogP contribution < -0.4 is 5.73 Å². The lowest BCUT2D eigenvalue weighted by Crippen LogP contribution is -2.10. The minimum atomic E-state index is -0.603. The first kappa shape index (κ1) is 12.0. The van der Waals surface area contributed by atoms with Gasteiger partial charge in [-0.25, -0.2) is 4.98 Å². The Morgan fingerprint density at radius 2 is 2.05 bits per heavy atom. The molecular weight excluding hydrogens is 284 g/mol. The Morgan fingerprint density at radius 1 is 1.26 bits per heavy atom.